The Bertz CT molecular complexity index is 807. The van der Waals surface area contributed by atoms with Gasteiger partial charge in [-0.15, -0.1) is 0 Å². The van der Waals surface area contributed by atoms with E-state index < -0.39 is 0 Å². The van der Waals surface area contributed by atoms with Gasteiger partial charge in [-0.25, -0.2) is 19.7 Å². The summed E-state index contributed by atoms with van der Waals surface area (Å²) in [7, 11) is 0. The van der Waals surface area contributed by atoms with Gasteiger partial charge in [0.05, 0.1) is 16.3 Å². The first-order valence-electron chi connectivity index (χ1n) is 9.91. The summed E-state index contributed by atoms with van der Waals surface area (Å²) in [6, 6.07) is 1.67. The number of piperidine rings is 1. The van der Waals surface area contributed by atoms with E-state index in [1.54, 1.807) is 6.20 Å². The summed E-state index contributed by atoms with van der Waals surface area (Å²) in [4.78, 5) is 29.1. The molecule has 3 heterocycles. The summed E-state index contributed by atoms with van der Waals surface area (Å²) in [5.41, 5.74) is 1.57. The normalized spacial score (nSPS) is 15.4. The molecule has 0 bridgehead atoms. The van der Waals surface area contributed by atoms with Crippen molar-refractivity contribution in [2.75, 3.05) is 31.5 Å². The van der Waals surface area contributed by atoms with Crippen LogP contribution in [0.4, 0.5) is 9.93 Å². The number of amides is 2. The van der Waals surface area contributed by atoms with E-state index >= 15 is 0 Å². The predicted octanol–water partition coefficient (Wildman–Crippen LogP) is 3.81. The lowest BCUT2D eigenvalue weighted by Gasteiger charge is -2.26. The molecule has 3 rings (SSSR count). The number of thiazole rings is 1. The molecule has 7 nitrogen and oxygen atoms in total. The van der Waals surface area contributed by atoms with Crippen molar-refractivity contribution in [3.05, 3.63) is 23.8 Å². The lowest BCUT2D eigenvalue weighted by Crippen LogP contribution is -2.39. The Morgan fingerprint density at radius 1 is 1.21 bits per heavy atom. The summed E-state index contributed by atoms with van der Waals surface area (Å²) >= 11 is 1.44. The minimum Gasteiger partial charge on any atom is -0.337 e. The van der Waals surface area contributed by atoms with Gasteiger partial charge in [0.15, 0.2) is 5.13 Å². The largest absolute Gasteiger partial charge is 0.337 e. The lowest BCUT2D eigenvalue weighted by molar-refractivity contribution is 0.224. The number of hydrogen-bond donors (Lipinski definition) is 2. The average molecular weight is 403 g/mol. The van der Waals surface area contributed by atoms with E-state index in [9.17, 15) is 4.79 Å². The van der Waals surface area contributed by atoms with Crippen LogP contribution >= 0.6 is 11.3 Å². The topological polar surface area (TPSA) is 83.0 Å². The van der Waals surface area contributed by atoms with Gasteiger partial charge >= 0.3 is 6.03 Å². The van der Waals surface area contributed by atoms with E-state index in [0.29, 0.717) is 11.7 Å². The minimum absolute atomic E-state index is 0.121. The molecular formula is C20H30N6OS. The molecule has 0 aliphatic carbocycles. The quantitative estimate of drug-likeness (QED) is 0.794. The fraction of sp³-hybridized carbons (Fsp3) is 0.600. The monoisotopic (exact) mass is 402 g/mol. The number of aromatic nitrogens is 3. The highest BCUT2D eigenvalue weighted by atomic mass is 32.1. The number of anilines is 1. The Hall–Kier alpha value is -2.06. The molecule has 0 spiro atoms. The molecule has 2 amide bonds. The Kier molecular flexibility index (Phi) is 6.61. The molecule has 152 valence electrons. The van der Waals surface area contributed by atoms with E-state index in [0.717, 1.165) is 41.7 Å². The van der Waals surface area contributed by atoms with Crippen LogP contribution in [-0.4, -0.2) is 52.1 Å². The van der Waals surface area contributed by atoms with E-state index in [1.807, 2.05) is 13.0 Å². The molecule has 2 N–H and O–H groups in total. The zero-order chi connectivity index (χ0) is 20.1. The van der Waals surface area contributed by atoms with Crippen LogP contribution < -0.4 is 10.6 Å². The first kappa shape index (κ1) is 20.7. The third kappa shape index (κ3) is 5.48. The Morgan fingerprint density at radius 2 is 1.96 bits per heavy atom. The molecular weight excluding hydrogens is 372 g/mol. The molecule has 2 aromatic rings. The van der Waals surface area contributed by atoms with Crippen molar-refractivity contribution in [1.29, 1.82) is 0 Å². The molecule has 28 heavy (non-hydrogen) atoms. The Morgan fingerprint density at radius 3 is 2.68 bits per heavy atom. The third-order valence-corrected chi connectivity index (χ3v) is 5.83. The molecule has 1 aliphatic heterocycles. The standard InChI is InChI=1S/C20H30N6OS/c1-14-16(15-8-9-21-17(24-15)20(2,3)4)28-19(23-14)25-18(27)22-10-13-26-11-6-5-7-12-26/h8-9H,5-7,10-13H2,1-4H3,(H2,22,23,25,27). The van der Waals surface area contributed by atoms with Gasteiger partial charge in [0.1, 0.15) is 5.82 Å². The highest BCUT2D eigenvalue weighted by molar-refractivity contribution is 7.19. The maximum absolute atomic E-state index is 12.2. The fourth-order valence-electron chi connectivity index (χ4n) is 3.19. The zero-order valence-electron chi connectivity index (χ0n) is 17.2. The van der Waals surface area contributed by atoms with Crippen LogP contribution in [0, 0.1) is 6.92 Å². The van der Waals surface area contributed by atoms with Gasteiger partial charge in [-0.1, -0.05) is 38.5 Å². The zero-order valence-corrected chi connectivity index (χ0v) is 18.0. The van der Waals surface area contributed by atoms with Crippen LogP contribution in [-0.2, 0) is 5.41 Å². The summed E-state index contributed by atoms with van der Waals surface area (Å²) in [5, 5.41) is 6.36. The molecule has 1 fully saturated rings. The minimum atomic E-state index is -0.213. The van der Waals surface area contributed by atoms with Crippen LogP contribution in [0.25, 0.3) is 10.6 Å². The predicted molar refractivity (Wildman–Crippen MR) is 114 cm³/mol. The third-order valence-electron chi connectivity index (χ3n) is 4.74. The van der Waals surface area contributed by atoms with Gasteiger partial charge in [0, 0.05) is 24.7 Å². The Balaban J connectivity index is 1.58. The van der Waals surface area contributed by atoms with Crippen molar-refractivity contribution in [3.63, 3.8) is 0 Å². The van der Waals surface area contributed by atoms with Crippen LogP contribution in [0.15, 0.2) is 12.3 Å². The summed E-state index contributed by atoms with van der Waals surface area (Å²) < 4.78 is 0. The SMILES string of the molecule is Cc1nc(NC(=O)NCCN2CCCCC2)sc1-c1ccnc(C(C)(C)C)n1. The average Bonchev–Trinajstić information content (AvgIpc) is 3.02. The van der Waals surface area contributed by atoms with Crippen LogP contribution in [0.2, 0.25) is 0 Å². The summed E-state index contributed by atoms with van der Waals surface area (Å²) in [5.74, 6) is 0.794. The molecule has 0 atom stereocenters. The van der Waals surface area contributed by atoms with Crippen LogP contribution in [0.3, 0.4) is 0 Å². The number of nitrogens with zero attached hydrogens (tertiary/aromatic N) is 4. The second-order valence-corrected chi connectivity index (χ2v) is 9.23. The number of aryl methyl sites for hydroxylation is 1. The molecule has 1 aliphatic rings. The van der Waals surface area contributed by atoms with Crippen molar-refractivity contribution in [1.82, 2.24) is 25.2 Å². The first-order valence-corrected chi connectivity index (χ1v) is 10.7. The van der Waals surface area contributed by atoms with E-state index in [2.05, 4.69) is 46.3 Å². The fourth-order valence-corrected chi connectivity index (χ4v) is 4.12. The smallest absolute Gasteiger partial charge is 0.321 e. The molecule has 0 aromatic carbocycles. The highest BCUT2D eigenvalue weighted by Crippen LogP contribution is 2.32. The second kappa shape index (κ2) is 8.96. The van der Waals surface area contributed by atoms with Gasteiger partial charge in [0.2, 0.25) is 0 Å². The van der Waals surface area contributed by atoms with E-state index in [4.69, 9.17) is 4.98 Å². The maximum atomic E-state index is 12.2. The van der Waals surface area contributed by atoms with Gasteiger partial charge in [-0.05, 0) is 38.9 Å². The first-order chi connectivity index (χ1) is 13.3. The Labute approximate surface area is 171 Å². The maximum Gasteiger partial charge on any atom is 0.321 e. The van der Waals surface area contributed by atoms with Crippen molar-refractivity contribution in [2.24, 2.45) is 0 Å². The number of likely N-dealkylation sites (tertiary alicyclic amines) is 1. The molecule has 8 heteroatoms. The van der Waals surface area contributed by atoms with E-state index in [1.165, 1.54) is 30.6 Å². The summed E-state index contributed by atoms with van der Waals surface area (Å²) in [6.45, 7) is 12.0. The van der Waals surface area contributed by atoms with Crippen molar-refractivity contribution < 1.29 is 4.79 Å². The molecule has 0 saturated carbocycles. The molecule has 0 radical (unpaired) electrons. The van der Waals surface area contributed by atoms with Gasteiger partial charge in [-0.3, -0.25) is 5.32 Å². The van der Waals surface area contributed by atoms with Crippen molar-refractivity contribution in [2.45, 2.75) is 52.4 Å². The lowest BCUT2D eigenvalue weighted by atomic mass is 9.95. The number of nitrogens with one attached hydrogen (secondary N) is 2. The van der Waals surface area contributed by atoms with E-state index in [-0.39, 0.29) is 11.4 Å². The highest BCUT2D eigenvalue weighted by Gasteiger charge is 2.20. The number of carbonyl (C=O) groups is 1. The number of rotatable bonds is 5. The van der Waals surface area contributed by atoms with Gasteiger partial charge in [-0.2, -0.15) is 0 Å². The van der Waals surface area contributed by atoms with Crippen LogP contribution in [0.1, 0.15) is 51.6 Å². The van der Waals surface area contributed by atoms with Crippen molar-refractivity contribution >= 4 is 22.5 Å². The summed E-state index contributed by atoms with van der Waals surface area (Å²) in [6.07, 6.45) is 5.61. The number of urea groups is 1. The molecule has 1 saturated heterocycles. The number of hydrogen-bond acceptors (Lipinski definition) is 6. The van der Waals surface area contributed by atoms with Crippen molar-refractivity contribution in [3.8, 4) is 10.6 Å². The number of carbonyl (C=O) groups excluding carboxylic acids is 1. The van der Waals surface area contributed by atoms with Gasteiger partial charge < -0.3 is 10.2 Å². The van der Waals surface area contributed by atoms with Gasteiger partial charge in [0.25, 0.3) is 0 Å². The van der Waals surface area contributed by atoms with Crippen LogP contribution in [0.5, 0.6) is 0 Å². The second-order valence-electron chi connectivity index (χ2n) is 8.23. The molecule has 2 aromatic heterocycles. The molecule has 0 unspecified atom stereocenters.